The molecule has 150 valence electrons. The van der Waals surface area contributed by atoms with Crippen LogP contribution in [0.25, 0.3) is 0 Å². The van der Waals surface area contributed by atoms with Crippen molar-refractivity contribution in [1.29, 1.82) is 5.26 Å². The van der Waals surface area contributed by atoms with E-state index in [0.29, 0.717) is 6.54 Å². The predicted molar refractivity (Wildman–Crippen MR) is 132 cm³/mol. The third-order valence-corrected chi connectivity index (χ3v) is 9.46. The van der Waals surface area contributed by atoms with Gasteiger partial charge in [-0.1, -0.05) is 84.9 Å². The number of nitrogens with zero attached hydrogens (tertiary/aromatic N) is 1. The van der Waals surface area contributed by atoms with E-state index in [-0.39, 0.29) is 0 Å². The molecule has 4 aromatic rings. The van der Waals surface area contributed by atoms with Gasteiger partial charge in [-0.2, -0.15) is 5.26 Å². The lowest BCUT2D eigenvalue weighted by Crippen LogP contribution is -2.32. The van der Waals surface area contributed by atoms with E-state index in [2.05, 4.69) is 96.3 Å². The first-order valence-corrected chi connectivity index (χ1v) is 12.1. The fraction of sp³-hybridized carbons (Fsp3) is 0.0357. The van der Waals surface area contributed by atoms with Crippen molar-refractivity contribution in [3.8, 4) is 6.07 Å². The Hall–Kier alpha value is -3.66. The van der Waals surface area contributed by atoms with E-state index in [1.165, 1.54) is 21.5 Å². The van der Waals surface area contributed by atoms with Crippen LogP contribution < -0.4 is 21.2 Å². The van der Waals surface area contributed by atoms with Gasteiger partial charge in [-0.05, 0) is 42.0 Å². The van der Waals surface area contributed by atoms with Crippen LogP contribution in [0.5, 0.6) is 0 Å². The van der Waals surface area contributed by atoms with Crippen molar-refractivity contribution in [2.45, 2.75) is 6.54 Å². The predicted octanol–water partition coefficient (Wildman–Crippen LogP) is 5.14. The van der Waals surface area contributed by atoms with Crippen molar-refractivity contribution in [3.05, 3.63) is 138 Å². The molecule has 0 saturated heterocycles. The highest BCUT2D eigenvalue weighted by atomic mass is 31.2. The Balaban J connectivity index is 1.90. The summed E-state index contributed by atoms with van der Waals surface area (Å²) in [5.41, 5.74) is 1.18. The fourth-order valence-electron chi connectivity index (χ4n) is 3.88. The van der Waals surface area contributed by atoms with Crippen molar-refractivity contribution in [1.82, 2.24) is 5.32 Å². The van der Waals surface area contributed by atoms with Gasteiger partial charge < -0.3 is 5.32 Å². The smallest absolute Gasteiger partial charge is 0.201 e. The first-order valence-electron chi connectivity index (χ1n) is 10.3. The molecule has 0 atom stereocenters. The molecule has 0 spiro atoms. The summed E-state index contributed by atoms with van der Waals surface area (Å²) < 4.78 is 0. The molecule has 0 amide bonds. The SMILES string of the molecule is N#C/C(=C\NCc1ccccc1)[P+](c1ccccc1)(c1ccccc1)c1ccccc1. The lowest BCUT2D eigenvalue weighted by atomic mass is 10.2. The van der Waals surface area contributed by atoms with E-state index in [4.69, 9.17) is 0 Å². The second-order valence-corrected chi connectivity index (χ2v) is 10.6. The molecule has 3 heteroatoms. The van der Waals surface area contributed by atoms with Crippen molar-refractivity contribution in [2.75, 3.05) is 0 Å². The summed E-state index contributed by atoms with van der Waals surface area (Å²) in [5.74, 6) is 0. The summed E-state index contributed by atoms with van der Waals surface area (Å²) in [6, 6.07) is 44.1. The van der Waals surface area contributed by atoms with Gasteiger partial charge in [0.25, 0.3) is 0 Å². The molecule has 1 N–H and O–H groups in total. The molecule has 0 fully saturated rings. The Labute approximate surface area is 184 Å². The van der Waals surface area contributed by atoms with E-state index in [0.717, 1.165) is 5.31 Å². The lowest BCUT2D eigenvalue weighted by molar-refractivity contribution is 0.868. The minimum atomic E-state index is -2.35. The van der Waals surface area contributed by atoms with Crippen molar-refractivity contribution >= 4 is 23.2 Å². The first-order chi connectivity index (χ1) is 15.4. The standard InChI is InChI=1S/C28H24N2P/c29-21-28(23-30-22-24-13-5-1-6-14-24)31(25-15-7-2-8-16-25,26-17-9-3-10-18-26)27-19-11-4-12-20-27/h1-20,23,30H,22H2/q+1/b28-23+. The van der Waals surface area contributed by atoms with E-state index >= 15 is 0 Å². The molecule has 0 unspecified atom stereocenters. The van der Waals surface area contributed by atoms with Gasteiger partial charge >= 0.3 is 0 Å². The normalized spacial score (nSPS) is 11.5. The zero-order valence-electron chi connectivity index (χ0n) is 17.2. The molecule has 4 aromatic carbocycles. The summed E-state index contributed by atoms with van der Waals surface area (Å²) in [6.45, 7) is 0.671. The van der Waals surface area contributed by atoms with E-state index < -0.39 is 7.26 Å². The van der Waals surface area contributed by atoms with Crippen LogP contribution in [0, 0.1) is 11.3 Å². The molecular formula is C28H24N2P+. The highest BCUT2D eigenvalue weighted by Gasteiger charge is 2.50. The Morgan fingerprint density at radius 1 is 0.645 bits per heavy atom. The van der Waals surface area contributed by atoms with E-state index in [1.807, 2.05) is 42.6 Å². The highest BCUT2D eigenvalue weighted by molar-refractivity contribution is 7.99. The van der Waals surface area contributed by atoms with Crippen molar-refractivity contribution < 1.29 is 0 Å². The molecular weight excluding hydrogens is 395 g/mol. The lowest BCUT2D eigenvalue weighted by Gasteiger charge is -2.26. The van der Waals surface area contributed by atoms with Gasteiger partial charge in [-0.3, -0.25) is 0 Å². The Morgan fingerprint density at radius 3 is 1.42 bits per heavy atom. The Bertz CT molecular complexity index is 1070. The minimum Gasteiger partial charge on any atom is -0.383 e. The molecule has 0 aliphatic heterocycles. The summed E-state index contributed by atoms with van der Waals surface area (Å²) in [5, 5.41) is 18.1. The summed E-state index contributed by atoms with van der Waals surface area (Å²) in [6.07, 6.45) is 1.92. The highest BCUT2D eigenvalue weighted by Crippen LogP contribution is 2.61. The second-order valence-electron chi connectivity index (χ2n) is 7.19. The van der Waals surface area contributed by atoms with Gasteiger partial charge in [-0.25, -0.2) is 0 Å². The summed E-state index contributed by atoms with van der Waals surface area (Å²) >= 11 is 0. The minimum absolute atomic E-state index is 0.671. The third kappa shape index (κ3) is 4.29. The van der Waals surface area contributed by atoms with Crippen LogP contribution in [0.4, 0.5) is 0 Å². The molecule has 4 rings (SSSR count). The number of hydrogen-bond acceptors (Lipinski definition) is 2. The van der Waals surface area contributed by atoms with Gasteiger partial charge in [0.05, 0.1) is 6.20 Å². The average molecular weight is 419 g/mol. The van der Waals surface area contributed by atoms with E-state index in [9.17, 15) is 5.26 Å². The van der Waals surface area contributed by atoms with Crippen LogP contribution in [0.15, 0.2) is 133 Å². The molecule has 0 heterocycles. The topological polar surface area (TPSA) is 35.8 Å². The van der Waals surface area contributed by atoms with Crippen molar-refractivity contribution in [3.63, 3.8) is 0 Å². The first kappa shape index (κ1) is 20.6. The number of allylic oxidation sites excluding steroid dienone is 1. The van der Waals surface area contributed by atoms with Crippen LogP contribution in [-0.4, -0.2) is 0 Å². The zero-order chi connectivity index (χ0) is 21.4. The van der Waals surface area contributed by atoms with Gasteiger partial charge in [0.15, 0.2) is 7.26 Å². The van der Waals surface area contributed by atoms with Gasteiger partial charge in [0, 0.05) is 6.54 Å². The monoisotopic (exact) mass is 419 g/mol. The molecule has 2 nitrogen and oxygen atoms in total. The summed E-state index contributed by atoms with van der Waals surface area (Å²) in [4.78, 5) is 0. The molecule has 0 saturated carbocycles. The van der Waals surface area contributed by atoms with Crippen LogP contribution in [0.3, 0.4) is 0 Å². The maximum atomic E-state index is 10.4. The van der Waals surface area contributed by atoms with Crippen LogP contribution in [0.1, 0.15) is 5.56 Å². The number of nitrogens with one attached hydrogen (secondary N) is 1. The number of rotatable bonds is 7. The molecule has 0 aliphatic rings. The molecule has 0 aromatic heterocycles. The summed E-state index contributed by atoms with van der Waals surface area (Å²) in [7, 11) is -2.35. The molecule has 0 aliphatic carbocycles. The number of benzene rings is 4. The largest absolute Gasteiger partial charge is 0.383 e. The zero-order valence-corrected chi connectivity index (χ0v) is 18.1. The van der Waals surface area contributed by atoms with Crippen LogP contribution >= 0.6 is 7.26 Å². The molecule has 31 heavy (non-hydrogen) atoms. The van der Waals surface area contributed by atoms with Crippen molar-refractivity contribution in [2.24, 2.45) is 0 Å². The molecule has 0 bridgehead atoms. The third-order valence-electron chi connectivity index (χ3n) is 5.29. The second kappa shape index (κ2) is 9.90. The van der Waals surface area contributed by atoms with Crippen LogP contribution in [0.2, 0.25) is 0 Å². The quantitative estimate of drug-likeness (QED) is 0.333. The number of hydrogen-bond donors (Lipinski definition) is 1. The maximum absolute atomic E-state index is 10.4. The molecule has 0 radical (unpaired) electrons. The fourth-order valence-corrected chi connectivity index (χ4v) is 7.91. The Kier molecular flexibility index (Phi) is 6.58. The average Bonchev–Trinajstić information content (AvgIpc) is 2.86. The van der Waals surface area contributed by atoms with E-state index in [1.54, 1.807) is 0 Å². The van der Waals surface area contributed by atoms with Gasteiger partial charge in [-0.15, -0.1) is 0 Å². The van der Waals surface area contributed by atoms with Gasteiger partial charge in [0.1, 0.15) is 22.0 Å². The maximum Gasteiger partial charge on any atom is 0.201 e. The number of nitriles is 1. The van der Waals surface area contributed by atoms with Gasteiger partial charge in [0.2, 0.25) is 5.31 Å². The van der Waals surface area contributed by atoms with Crippen LogP contribution in [-0.2, 0) is 6.54 Å². The Morgan fingerprint density at radius 2 is 1.03 bits per heavy atom.